The Morgan fingerprint density at radius 3 is 2.96 bits per heavy atom. The number of rotatable bonds is 4. The monoisotopic (exact) mass is 319 g/mol. The first-order valence-electron chi connectivity index (χ1n) is 7.32. The van der Waals surface area contributed by atoms with Crippen LogP contribution in [0.4, 0.5) is 5.82 Å². The first kappa shape index (κ1) is 14.1. The van der Waals surface area contributed by atoms with E-state index >= 15 is 0 Å². The molecule has 118 valence electrons. The van der Waals surface area contributed by atoms with Crippen molar-refractivity contribution < 1.29 is 4.79 Å². The molecule has 0 radical (unpaired) electrons. The number of benzene rings is 1. The highest BCUT2D eigenvalue weighted by molar-refractivity contribution is 6.05. The van der Waals surface area contributed by atoms with Gasteiger partial charge in [-0.2, -0.15) is 20.5 Å². The summed E-state index contributed by atoms with van der Waals surface area (Å²) in [4.78, 5) is 16.4. The van der Waals surface area contributed by atoms with Gasteiger partial charge in [-0.3, -0.25) is 14.5 Å². The van der Waals surface area contributed by atoms with Gasteiger partial charge < -0.3 is 5.32 Å². The molecule has 8 heteroatoms. The maximum Gasteiger partial charge on any atom is 0.256 e. The van der Waals surface area contributed by atoms with E-state index in [0.717, 1.165) is 5.56 Å². The third-order valence-corrected chi connectivity index (χ3v) is 3.53. The Labute approximate surface area is 136 Å². The fraction of sp³-hybridized carbons (Fsp3) is 0.0625. The minimum absolute atomic E-state index is 0.244. The molecule has 0 fully saturated rings. The molecule has 0 saturated heterocycles. The number of aromatic amines is 1. The molecule has 2 N–H and O–H groups in total. The first-order valence-corrected chi connectivity index (χ1v) is 7.32. The molecule has 4 aromatic rings. The molecule has 0 aliphatic heterocycles. The zero-order valence-electron chi connectivity index (χ0n) is 12.5. The summed E-state index contributed by atoms with van der Waals surface area (Å²) in [5.41, 5.74) is 2.89. The molecule has 0 spiro atoms. The van der Waals surface area contributed by atoms with Gasteiger partial charge in [0.1, 0.15) is 11.0 Å². The van der Waals surface area contributed by atoms with Crippen molar-refractivity contribution in [3.05, 3.63) is 66.1 Å². The molecule has 0 bridgehead atoms. The van der Waals surface area contributed by atoms with Gasteiger partial charge in [0, 0.05) is 30.2 Å². The van der Waals surface area contributed by atoms with Crippen molar-refractivity contribution in [3.63, 3.8) is 0 Å². The second-order valence-electron chi connectivity index (χ2n) is 5.24. The SMILES string of the molecule is O=C(Nc1ccn(Cc2cccnc2)n1)c1ccc2n[nH]nc2c1. The van der Waals surface area contributed by atoms with Gasteiger partial charge in [-0.15, -0.1) is 0 Å². The average Bonchev–Trinajstić information content (AvgIpc) is 3.24. The molecule has 1 amide bonds. The number of carbonyl (C=O) groups excluding carboxylic acids is 1. The number of fused-ring (bicyclic) bond motifs is 1. The van der Waals surface area contributed by atoms with Crippen LogP contribution in [0.5, 0.6) is 0 Å². The van der Waals surface area contributed by atoms with Crippen LogP contribution in [0.25, 0.3) is 11.0 Å². The zero-order valence-corrected chi connectivity index (χ0v) is 12.5. The molecule has 3 heterocycles. The van der Waals surface area contributed by atoms with E-state index < -0.39 is 0 Å². The molecule has 3 aromatic heterocycles. The predicted octanol–water partition coefficient (Wildman–Crippen LogP) is 1.85. The van der Waals surface area contributed by atoms with Gasteiger partial charge in [-0.05, 0) is 29.8 Å². The predicted molar refractivity (Wildman–Crippen MR) is 87.4 cm³/mol. The summed E-state index contributed by atoms with van der Waals surface area (Å²) < 4.78 is 1.74. The Morgan fingerprint density at radius 2 is 2.08 bits per heavy atom. The van der Waals surface area contributed by atoms with Crippen LogP contribution in [0.15, 0.2) is 55.0 Å². The first-order chi connectivity index (χ1) is 11.8. The Balaban J connectivity index is 1.47. The molecule has 0 aliphatic rings. The summed E-state index contributed by atoms with van der Waals surface area (Å²) in [5, 5.41) is 17.6. The van der Waals surface area contributed by atoms with Crippen molar-refractivity contribution in [2.75, 3.05) is 5.32 Å². The largest absolute Gasteiger partial charge is 0.305 e. The number of aromatic nitrogens is 6. The van der Waals surface area contributed by atoms with E-state index in [4.69, 9.17) is 0 Å². The zero-order chi connectivity index (χ0) is 16.4. The molecular weight excluding hydrogens is 306 g/mol. The van der Waals surface area contributed by atoms with Crippen LogP contribution < -0.4 is 5.32 Å². The number of amides is 1. The molecule has 0 saturated carbocycles. The number of H-pyrrole nitrogens is 1. The average molecular weight is 319 g/mol. The van der Waals surface area contributed by atoms with Gasteiger partial charge >= 0.3 is 0 Å². The van der Waals surface area contributed by atoms with Gasteiger partial charge in [0.2, 0.25) is 0 Å². The highest BCUT2D eigenvalue weighted by Crippen LogP contribution is 2.13. The van der Waals surface area contributed by atoms with E-state index in [1.54, 1.807) is 41.3 Å². The maximum atomic E-state index is 12.3. The van der Waals surface area contributed by atoms with Crippen LogP contribution in [0, 0.1) is 0 Å². The molecule has 24 heavy (non-hydrogen) atoms. The normalized spacial score (nSPS) is 10.8. The summed E-state index contributed by atoms with van der Waals surface area (Å²) >= 11 is 0. The standard InChI is InChI=1S/C16H13N7O/c24-16(12-3-4-13-14(8-12)20-22-19-13)18-15-5-7-23(21-15)10-11-2-1-6-17-9-11/h1-9H,10H2,(H,18,21,24)(H,19,20,22). The van der Waals surface area contributed by atoms with E-state index in [9.17, 15) is 4.79 Å². The number of pyridine rings is 1. The minimum Gasteiger partial charge on any atom is -0.305 e. The van der Waals surface area contributed by atoms with E-state index in [-0.39, 0.29) is 5.91 Å². The van der Waals surface area contributed by atoms with Crippen molar-refractivity contribution >= 4 is 22.8 Å². The summed E-state index contributed by atoms with van der Waals surface area (Å²) in [7, 11) is 0. The summed E-state index contributed by atoms with van der Waals surface area (Å²) in [6.07, 6.45) is 5.32. The molecule has 8 nitrogen and oxygen atoms in total. The summed E-state index contributed by atoms with van der Waals surface area (Å²) in [5.74, 6) is 0.246. The van der Waals surface area contributed by atoms with Crippen molar-refractivity contribution in [1.82, 2.24) is 30.2 Å². The summed E-state index contributed by atoms with van der Waals surface area (Å²) in [6, 6.07) is 10.7. The quantitative estimate of drug-likeness (QED) is 0.598. The number of hydrogen-bond donors (Lipinski definition) is 2. The lowest BCUT2D eigenvalue weighted by Crippen LogP contribution is -2.12. The van der Waals surface area contributed by atoms with Crippen LogP contribution in [0.2, 0.25) is 0 Å². The van der Waals surface area contributed by atoms with E-state index in [1.807, 2.05) is 18.3 Å². The molecule has 1 aromatic carbocycles. The number of hydrogen-bond acceptors (Lipinski definition) is 5. The minimum atomic E-state index is -0.244. The number of nitrogens with one attached hydrogen (secondary N) is 2. The van der Waals surface area contributed by atoms with Crippen molar-refractivity contribution in [3.8, 4) is 0 Å². The number of nitrogens with zero attached hydrogens (tertiary/aromatic N) is 5. The van der Waals surface area contributed by atoms with Crippen molar-refractivity contribution in [2.45, 2.75) is 6.54 Å². The van der Waals surface area contributed by atoms with Gasteiger partial charge in [0.05, 0.1) is 6.54 Å². The lowest BCUT2D eigenvalue weighted by Gasteiger charge is -2.03. The van der Waals surface area contributed by atoms with E-state index in [1.165, 1.54) is 0 Å². The smallest absolute Gasteiger partial charge is 0.256 e. The van der Waals surface area contributed by atoms with Crippen LogP contribution in [0.1, 0.15) is 15.9 Å². The van der Waals surface area contributed by atoms with E-state index in [0.29, 0.717) is 29.0 Å². The van der Waals surface area contributed by atoms with Crippen LogP contribution in [-0.4, -0.2) is 36.1 Å². The van der Waals surface area contributed by atoms with Crippen LogP contribution >= 0.6 is 0 Å². The lowest BCUT2D eigenvalue weighted by molar-refractivity contribution is 0.102. The molecule has 0 atom stereocenters. The van der Waals surface area contributed by atoms with Gasteiger partial charge in [0.15, 0.2) is 5.82 Å². The Kier molecular flexibility index (Phi) is 3.47. The molecule has 0 aliphatic carbocycles. The second-order valence-corrected chi connectivity index (χ2v) is 5.24. The third-order valence-electron chi connectivity index (χ3n) is 3.53. The molecule has 0 unspecified atom stereocenters. The van der Waals surface area contributed by atoms with E-state index in [2.05, 4.69) is 30.8 Å². The summed E-state index contributed by atoms with van der Waals surface area (Å²) in [6.45, 7) is 0.592. The Morgan fingerprint density at radius 1 is 1.17 bits per heavy atom. The Hall–Kier alpha value is -3.55. The highest BCUT2D eigenvalue weighted by atomic mass is 16.1. The maximum absolute atomic E-state index is 12.3. The van der Waals surface area contributed by atoms with Crippen molar-refractivity contribution in [1.29, 1.82) is 0 Å². The number of anilines is 1. The van der Waals surface area contributed by atoms with Gasteiger partial charge in [-0.25, -0.2) is 0 Å². The van der Waals surface area contributed by atoms with Crippen molar-refractivity contribution in [2.24, 2.45) is 0 Å². The molecule has 4 rings (SSSR count). The third kappa shape index (κ3) is 2.84. The Bertz CT molecular complexity index is 990. The van der Waals surface area contributed by atoms with Gasteiger partial charge in [-0.1, -0.05) is 6.07 Å². The fourth-order valence-corrected chi connectivity index (χ4v) is 2.37. The highest BCUT2D eigenvalue weighted by Gasteiger charge is 2.10. The molecular formula is C16H13N7O. The van der Waals surface area contributed by atoms with Crippen LogP contribution in [-0.2, 0) is 6.54 Å². The fourth-order valence-electron chi connectivity index (χ4n) is 2.37. The van der Waals surface area contributed by atoms with Crippen LogP contribution in [0.3, 0.4) is 0 Å². The second kappa shape index (κ2) is 5.92. The van der Waals surface area contributed by atoms with Gasteiger partial charge in [0.25, 0.3) is 5.91 Å². The number of carbonyl (C=O) groups is 1. The lowest BCUT2D eigenvalue weighted by atomic mass is 10.2. The topological polar surface area (TPSA) is 101 Å².